The van der Waals surface area contributed by atoms with Crippen LogP contribution in [0.2, 0.25) is 0 Å². The van der Waals surface area contributed by atoms with Crippen molar-refractivity contribution in [3.8, 4) is 0 Å². The zero-order chi connectivity index (χ0) is 16.6. The van der Waals surface area contributed by atoms with Crippen LogP contribution in [0.15, 0.2) is 35.1 Å². The molecule has 2 aromatic heterocycles. The third-order valence-electron chi connectivity index (χ3n) is 3.57. The smallest absolute Gasteiger partial charge is 0.309 e. The predicted molar refractivity (Wildman–Crippen MR) is 93.2 cm³/mol. The maximum atomic E-state index is 12.2. The van der Waals surface area contributed by atoms with Crippen molar-refractivity contribution < 1.29 is 4.79 Å². The molecule has 23 heavy (non-hydrogen) atoms. The summed E-state index contributed by atoms with van der Waals surface area (Å²) in [5.74, 6) is -0.239. The van der Waals surface area contributed by atoms with Crippen LogP contribution in [-0.4, -0.2) is 15.5 Å². The number of hydrogen-bond acceptors (Lipinski definition) is 4. The van der Waals surface area contributed by atoms with E-state index in [0.29, 0.717) is 11.3 Å². The van der Waals surface area contributed by atoms with E-state index in [9.17, 15) is 9.59 Å². The van der Waals surface area contributed by atoms with E-state index in [1.165, 1.54) is 4.57 Å². The Morgan fingerprint density at radius 3 is 2.61 bits per heavy atom. The number of thiazole rings is 1. The molecule has 5 nitrogen and oxygen atoms in total. The van der Waals surface area contributed by atoms with E-state index in [0.717, 1.165) is 32.9 Å². The van der Waals surface area contributed by atoms with Crippen molar-refractivity contribution in [2.45, 2.75) is 27.3 Å². The molecule has 6 heteroatoms. The Hall–Kier alpha value is -2.47. The summed E-state index contributed by atoms with van der Waals surface area (Å²) in [6.07, 6.45) is 0. The summed E-state index contributed by atoms with van der Waals surface area (Å²) in [5, 5.41) is 2.81. The van der Waals surface area contributed by atoms with Crippen molar-refractivity contribution in [2.24, 2.45) is 0 Å². The van der Waals surface area contributed by atoms with Crippen LogP contribution in [0.4, 0.5) is 5.69 Å². The van der Waals surface area contributed by atoms with Gasteiger partial charge in [-0.1, -0.05) is 29.0 Å². The SMILES string of the molecule is Cc1ccc(NC(=O)Cn2c(=O)sc3c(C)cc(C)nc32)cc1. The molecule has 0 aliphatic carbocycles. The third-order valence-corrected chi connectivity index (χ3v) is 4.68. The lowest BCUT2D eigenvalue weighted by atomic mass is 10.2. The van der Waals surface area contributed by atoms with Crippen molar-refractivity contribution >= 4 is 33.3 Å². The minimum absolute atomic E-state index is 0.0391. The van der Waals surface area contributed by atoms with Crippen LogP contribution in [0.5, 0.6) is 0 Å². The van der Waals surface area contributed by atoms with Gasteiger partial charge in [-0.25, -0.2) is 4.98 Å². The Bertz CT molecular complexity index is 939. The average Bonchev–Trinajstić information content (AvgIpc) is 2.79. The van der Waals surface area contributed by atoms with Gasteiger partial charge in [-0.15, -0.1) is 0 Å². The van der Waals surface area contributed by atoms with Gasteiger partial charge in [0.2, 0.25) is 5.91 Å². The molecule has 0 radical (unpaired) electrons. The number of hydrogen-bond donors (Lipinski definition) is 1. The third kappa shape index (κ3) is 3.17. The number of pyridine rings is 1. The quantitative estimate of drug-likeness (QED) is 0.804. The number of nitrogens with one attached hydrogen (secondary N) is 1. The van der Waals surface area contributed by atoms with Crippen LogP contribution in [-0.2, 0) is 11.3 Å². The fourth-order valence-electron chi connectivity index (χ4n) is 2.46. The van der Waals surface area contributed by atoms with Crippen molar-refractivity contribution in [3.63, 3.8) is 0 Å². The van der Waals surface area contributed by atoms with Crippen molar-refractivity contribution in [2.75, 3.05) is 5.32 Å². The predicted octanol–water partition coefficient (Wildman–Crippen LogP) is 3.02. The van der Waals surface area contributed by atoms with Gasteiger partial charge in [-0.05, 0) is 44.5 Å². The van der Waals surface area contributed by atoms with Gasteiger partial charge in [0.15, 0.2) is 5.65 Å². The Balaban J connectivity index is 1.89. The molecule has 1 amide bonds. The number of amides is 1. The summed E-state index contributed by atoms with van der Waals surface area (Å²) in [5.41, 5.74) is 4.26. The number of aromatic nitrogens is 2. The van der Waals surface area contributed by atoms with E-state index in [1.807, 2.05) is 51.1 Å². The zero-order valence-electron chi connectivity index (χ0n) is 13.2. The first-order chi connectivity index (χ1) is 10.9. The minimum Gasteiger partial charge on any atom is -0.325 e. The average molecular weight is 327 g/mol. The highest BCUT2D eigenvalue weighted by Crippen LogP contribution is 2.20. The molecule has 0 saturated carbocycles. The van der Waals surface area contributed by atoms with E-state index in [-0.39, 0.29) is 17.3 Å². The van der Waals surface area contributed by atoms with Crippen LogP contribution in [0, 0.1) is 20.8 Å². The first-order valence-electron chi connectivity index (χ1n) is 7.28. The first kappa shape index (κ1) is 15.4. The molecule has 2 heterocycles. The zero-order valence-corrected chi connectivity index (χ0v) is 14.0. The van der Waals surface area contributed by atoms with Gasteiger partial charge < -0.3 is 5.32 Å². The minimum atomic E-state index is -0.239. The van der Waals surface area contributed by atoms with Gasteiger partial charge in [0, 0.05) is 11.4 Å². The Morgan fingerprint density at radius 2 is 1.91 bits per heavy atom. The molecule has 118 valence electrons. The molecule has 1 N–H and O–H groups in total. The second-order valence-electron chi connectivity index (χ2n) is 5.60. The molecule has 3 rings (SSSR count). The van der Waals surface area contributed by atoms with E-state index in [2.05, 4.69) is 10.3 Å². The molecule has 0 aliphatic heterocycles. The second kappa shape index (κ2) is 5.96. The van der Waals surface area contributed by atoms with Gasteiger partial charge in [0.05, 0.1) is 4.70 Å². The lowest BCUT2D eigenvalue weighted by Crippen LogP contribution is -2.24. The normalized spacial score (nSPS) is 10.9. The molecule has 0 unspecified atom stereocenters. The standard InChI is InChI=1S/C17H17N3O2S/c1-10-4-6-13(7-5-10)19-14(21)9-20-16-15(23-17(20)22)11(2)8-12(3)18-16/h4-8H,9H2,1-3H3,(H,19,21). The van der Waals surface area contributed by atoms with Gasteiger partial charge in [-0.3, -0.25) is 14.2 Å². The molecule has 0 fully saturated rings. The maximum absolute atomic E-state index is 12.2. The Morgan fingerprint density at radius 1 is 1.22 bits per heavy atom. The number of benzene rings is 1. The Labute approximate surface area is 137 Å². The molecule has 0 saturated heterocycles. The molecule has 1 aromatic carbocycles. The van der Waals surface area contributed by atoms with Gasteiger partial charge in [0.1, 0.15) is 6.54 Å². The Kier molecular flexibility index (Phi) is 4.00. The highest BCUT2D eigenvalue weighted by Gasteiger charge is 2.14. The number of rotatable bonds is 3. The number of aryl methyl sites for hydroxylation is 3. The van der Waals surface area contributed by atoms with Crippen LogP contribution in [0.25, 0.3) is 10.3 Å². The second-order valence-corrected chi connectivity index (χ2v) is 6.56. The summed E-state index contributed by atoms with van der Waals surface area (Å²) in [4.78, 5) is 28.7. The van der Waals surface area contributed by atoms with E-state index in [4.69, 9.17) is 0 Å². The van der Waals surface area contributed by atoms with Crippen LogP contribution < -0.4 is 10.2 Å². The van der Waals surface area contributed by atoms with Gasteiger partial charge in [-0.2, -0.15) is 0 Å². The topological polar surface area (TPSA) is 64.0 Å². The van der Waals surface area contributed by atoms with E-state index < -0.39 is 0 Å². The fraction of sp³-hybridized carbons (Fsp3) is 0.235. The molecule has 0 bridgehead atoms. The summed E-state index contributed by atoms with van der Waals surface area (Å²) >= 11 is 1.13. The highest BCUT2D eigenvalue weighted by molar-refractivity contribution is 7.16. The van der Waals surface area contributed by atoms with Crippen LogP contribution >= 0.6 is 11.3 Å². The highest BCUT2D eigenvalue weighted by atomic mass is 32.1. The van der Waals surface area contributed by atoms with Crippen molar-refractivity contribution in [1.82, 2.24) is 9.55 Å². The number of anilines is 1. The summed E-state index contributed by atoms with van der Waals surface area (Å²) < 4.78 is 2.27. The number of nitrogens with zero attached hydrogens (tertiary/aromatic N) is 2. The van der Waals surface area contributed by atoms with E-state index in [1.54, 1.807) is 0 Å². The van der Waals surface area contributed by atoms with Crippen molar-refractivity contribution in [1.29, 1.82) is 0 Å². The maximum Gasteiger partial charge on any atom is 0.309 e. The molecule has 0 atom stereocenters. The van der Waals surface area contributed by atoms with E-state index >= 15 is 0 Å². The lowest BCUT2D eigenvalue weighted by Gasteiger charge is -2.07. The number of fused-ring (bicyclic) bond motifs is 1. The summed E-state index contributed by atoms with van der Waals surface area (Å²) in [6, 6.07) is 9.48. The number of carbonyl (C=O) groups excluding carboxylic acids is 1. The monoisotopic (exact) mass is 327 g/mol. The molecular weight excluding hydrogens is 310 g/mol. The lowest BCUT2D eigenvalue weighted by molar-refractivity contribution is -0.116. The van der Waals surface area contributed by atoms with Crippen molar-refractivity contribution in [3.05, 3.63) is 56.8 Å². The largest absolute Gasteiger partial charge is 0.325 e. The fourth-order valence-corrected chi connectivity index (χ4v) is 3.37. The van der Waals surface area contributed by atoms with Gasteiger partial charge in [0.25, 0.3) is 0 Å². The molecular formula is C17H17N3O2S. The van der Waals surface area contributed by atoms with Crippen LogP contribution in [0.1, 0.15) is 16.8 Å². The molecule has 3 aromatic rings. The first-order valence-corrected chi connectivity index (χ1v) is 8.10. The molecule has 0 spiro atoms. The van der Waals surface area contributed by atoms with Gasteiger partial charge >= 0.3 is 4.87 Å². The van der Waals surface area contributed by atoms with Crippen LogP contribution in [0.3, 0.4) is 0 Å². The molecule has 0 aliphatic rings. The summed E-state index contributed by atoms with van der Waals surface area (Å²) in [7, 11) is 0. The number of carbonyl (C=O) groups is 1. The summed E-state index contributed by atoms with van der Waals surface area (Å²) in [6.45, 7) is 5.77.